The minimum absolute atomic E-state index is 0.207. The molecule has 0 N–H and O–H groups in total. The number of hydrogen-bond acceptors (Lipinski definition) is 2. The van der Waals surface area contributed by atoms with Crippen LogP contribution in [0.25, 0.3) is 10.9 Å². The third-order valence-electron chi connectivity index (χ3n) is 3.96. The van der Waals surface area contributed by atoms with Crippen LogP contribution in [0.1, 0.15) is 15.9 Å². The Hall–Kier alpha value is -2.75. The molecule has 2 aromatic carbocycles. The molecular weight excluding hydrogens is 279 g/mol. The molecule has 3 nitrogen and oxygen atoms in total. The highest BCUT2D eigenvalue weighted by molar-refractivity contribution is 6.07. The Bertz CT molecular complexity index is 891. The zero-order valence-corrected chi connectivity index (χ0v) is 11.8. The molecule has 1 aliphatic heterocycles. The molecule has 1 amide bonds. The number of halogens is 1. The van der Waals surface area contributed by atoms with Gasteiger partial charge in [-0.3, -0.25) is 9.69 Å². The van der Waals surface area contributed by atoms with E-state index in [9.17, 15) is 9.18 Å². The van der Waals surface area contributed by atoms with Crippen molar-refractivity contribution in [2.24, 2.45) is 0 Å². The summed E-state index contributed by atoms with van der Waals surface area (Å²) in [6.45, 7) is 0.577. The van der Waals surface area contributed by atoms with Gasteiger partial charge >= 0.3 is 0 Å². The second kappa shape index (κ2) is 4.91. The summed E-state index contributed by atoms with van der Waals surface area (Å²) in [7, 11) is 0. The molecule has 108 valence electrons. The fraction of sp³-hybridized carbons (Fsp3) is 0.111. The number of anilines is 1. The van der Waals surface area contributed by atoms with Crippen molar-refractivity contribution >= 4 is 22.6 Å². The smallest absolute Gasteiger partial charge is 0.259 e. The molecule has 0 atom stereocenters. The fourth-order valence-corrected chi connectivity index (χ4v) is 2.88. The fourth-order valence-electron chi connectivity index (χ4n) is 2.88. The molecule has 0 bridgehead atoms. The van der Waals surface area contributed by atoms with Crippen LogP contribution in [0.2, 0.25) is 0 Å². The molecule has 0 saturated carbocycles. The van der Waals surface area contributed by atoms with E-state index in [0.29, 0.717) is 17.9 Å². The molecule has 0 saturated heterocycles. The Kier molecular flexibility index (Phi) is 2.89. The topological polar surface area (TPSA) is 33.2 Å². The lowest BCUT2D eigenvalue weighted by Gasteiger charge is -2.16. The maximum absolute atomic E-state index is 13.3. The molecule has 0 aliphatic carbocycles. The summed E-state index contributed by atoms with van der Waals surface area (Å²) >= 11 is 0. The van der Waals surface area contributed by atoms with Gasteiger partial charge in [0.2, 0.25) is 0 Å². The van der Waals surface area contributed by atoms with E-state index in [2.05, 4.69) is 11.1 Å². The van der Waals surface area contributed by atoms with E-state index in [4.69, 9.17) is 0 Å². The van der Waals surface area contributed by atoms with Crippen LogP contribution in [0.4, 0.5) is 10.2 Å². The van der Waals surface area contributed by atoms with E-state index >= 15 is 0 Å². The van der Waals surface area contributed by atoms with Crippen LogP contribution in [0.3, 0.4) is 0 Å². The van der Waals surface area contributed by atoms with Gasteiger partial charge in [-0.2, -0.15) is 0 Å². The van der Waals surface area contributed by atoms with Crippen LogP contribution in [-0.2, 0) is 6.42 Å². The highest BCUT2D eigenvalue weighted by Gasteiger charge is 2.27. The number of pyridine rings is 1. The molecule has 1 aromatic heterocycles. The molecule has 3 aromatic rings. The largest absolute Gasteiger partial charge is 0.292 e. The predicted octanol–water partition coefficient (Wildman–Crippen LogP) is 3.58. The second-order valence-corrected chi connectivity index (χ2v) is 5.38. The Morgan fingerprint density at radius 2 is 1.95 bits per heavy atom. The van der Waals surface area contributed by atoms with Crippen LogP contribution >= 0.6 is 0 Å². The number of aromatic nitrogens is 1. The van der Waals surface area contributed by atoms with Crippen molar-refractivity contribution in [3.63, 3.8) is 0 Å². The van der Waals surface area contributed by atoms with Crippen molar-refractivity contribution < 1.29 is 9.18 Å². The van der Waals surface area contributed by atoms with E-state index in [1.807, 2.05) is 24.3 Å². The van der Waals surface area contributed by atoms with Gasteiger partial charge in [0.05, 0.1) is 5.52 Å². The first-order valence-corrected chi connectivity index (χ1v) is 7.18. The summed E-state index contributed by atoms with van der Waals surface area (Å²) in [6.07, 6.45) is 0.772. The molecule has 4 rings (SSSR count). The number of para-hydroxylation sites is 1. The van der Waals surface area contributed by atoms with Gasteiger partial charge in [0, 0.05) is 17.5 Å². The van der Waals surface area contributed by atoms with Crippen molar-refractivity contribution in [1.82, 2.24) is 4.98 Å². The molecular formula is C18H13FN2O. The van der Waals surface area contributed by atoms with Crippen molar-refractivity contribution in [1.29, 1.82) is 0 Å². The van der Waals surface area contributed by atoms with E-state index in [1.165, 1.54) is 12.1 Å². The number of benzene rings is 2. The average molecular weight is 292 g/mol. The van der Waals surface area contributed by atoms with Crippen LogP contribution in [-0.4, -0.2) is 17.4 Å². The van der Waals surface area contributed by atoms with E-state index in [1.54, 1.807) is 17.0 Å². The molecule has 1 aliphatic rings. The Labute approximate surface area is 127 Å². The van der Waals surface area contributed by atoms with Gasteiger partial charge < -0.3 is 0 Å². The predicted molar refractivity (Wildman–Crippen MR) is 83.5 cm³/mol. The summed E-state index contributed by atoms with van der Waals surface area (Å²) in [4.78, 5) is 18.9. The van der Waals surface area contributed by atoms with Crippen LogP contribution in [0.5, 0.6) is 0 Å². The lowest BCUT2D eigenvalue weighted by atomic mass is 10.1. The van der Waals surface area contributed by atoms with Crippen molar-refractivity contribution in [2.45, 2.75) is 6.42 Å². The van der Waals surface area contributed by atoms with Gasteiger partial charge in [0.25, 0.3) is 5.91 Å². The third kappa shape index (κ3) is 2.04. The van der Waals surface area contributed by atoms with Crippen LogP contribution < -0.4 is 4.90 Å². The van der Waals surface area contributed by atoms with E-state index < -0.39 is 5.82 Å². The van der Waals surface area contributed by atoms with Gasteiger partial charge in [-0.1, -0.05) is 24.3 Å². The lowest BCUT2D eigenvalue weighted by Crippen LogP contribution is -2.29. The maximum Gasteiger partial charge on any atom is 0.259 e. The monoisotopic (exact) mass is 292 g/mol. The number of carbonyl (C=O) groups excluding carboxylic acids is 1. The number of rotatable bonds is 1. The standard InChI is InChI=1S/C18H13FN2O/c19-15-6-3-5-14(11-15)18(22)21-9-8-13-10-12-4-1-2-7-16(12)20-17(13)21/h1-7,10-11H,8-9H2. The quantitative estimate of drug-likeness (QED) is 0.687. The highest BCUT2D eigenvalue weighted by Crippen LogP contribution is 2.30. The Morgan fingerprint density at radius 1 is 1.09 bits per heavy atom. The van der Waals surface area contributed by atoms with Gasteiger partial charge in [-0.25, -0.2) is 9.37 Å². The second-order valence-electron chi connectivity index (χ2n) is 5.38. The van der Waals surface area contributed by atoms with Crippen molar-refractivity contribution in [3.8, 4) is 0 Å². The van der Waals surface area contributed by atoms with E-state index in [-0.39, 0.29) is 5.91 Å². The minimum Gasteiger partial charge on any atom is -0.292 e. The van der Waals surface area contributed by atoms with Gasteiger partial charge in [0.1, 0.15) is 11.6 Å². The highest BCUT2D eigenvalue weighted by atomic mass is 19.1. The summed E-state index contributed by atoms with van der Waals surface area (Å²) < 4.78 is 13.3. The molecule has 2 heterocycles. The minimum atomic E-state index is -0.406. The first kappa shape index (κ1) is 13.0. The molecule has 0 fully saturated rings. The first-order chi connectivity index (χ1) is 10.7. The van der Waals surface area contributed by atoms with E-state index in [0.717, 1.165) is 22.9 Å². The molecule has 22 heavy (non-hydrogen) atoms. The molecule has 0 spiro atoms. The number of hydrogen-bond donors (Lipinski definition) is 0. The number of fused-ring (bicyclic) bond motifs is 2. The number of nitrogens with zero attached hydrogens (tertiary/aromatic N) is 2. The van der Waals surface area contributed by atoms with Gasteiger partial charge in [-0.05, 0) is 42.3 Å². The lowest BCUT2D eigenvalue weighted by molar-refractivity contribution is 0.0988. The normalized spacial score (nSPS) is 13.4. The number of carbonyl (C=O) groups is 1. The average Bonchev–Trinajstić information content (AvgIpc) is 2.94. The van der Waals surface area contributed by atoms with Crippen molar-refractivity contribution in [2.75, 3.05) is 11.4 Å². The van der Waals surface area contributed by atoms with Crippen LogP contribution in [0.15, 0.2) is 54.6 Å². The van der Waals surface area contributed by atoms with Crippen LogP contribution in [0, 0.1) is 5.82 Å². The maximum atomic E-state index is 13.3. The first-order valence-electron chi connectivity index (χ1n) is 7.18. The Morgan fingerprint density at radius 3 is 2.82 bits per heavy atom. The SMILES string of the molecule is O=C(c1cccc(F)c1)N1CCc2cc3ccccc3nc21. The molecule has 4 heteroatoms. The van der Waals surface area contributed by atoms with Gasteiger partial charge in [0.15, 0.2) is 0 Å². The summed E-state index contributed by atoms with van der Waals surface area (Å²) in [6, 6.07) is 15.7. The number of amides is 1. The summed E-state index contributed by atoms with van der Waals surface area (Å²) in [5.74, 6) is 0.0748. The molecule has 0 radical (unpaired) electrons. The summed E-state index contributed by atoms with van der Waals surface area (Å²) in [5.41, 5.74) is 2.27. The zero-order valence-electron chi connectivity index (χ0n) is 11.8. The molecule has 0 unspecified atom stereocenters. The third-order valence-corrected chi connectivity index (χ3v) is 3.96. The Balaban J connectivity index is 1.78. The zero-order chi connectivity index (χ0) is 15.1. The van der Waals surface area contributed by atoms with Crippen molar-refractivity contribution in [3.05, 3.63) is 71.5 Å². The summed E-state index contributed by atoms with van der Waals surface area (Å²) in [5, 5.41) is 1.07. The van der Waals surface area contributed by atoms with Gasteiger partial charge in [-0.15, -0.1) is 0 Å².